The van der Waals surface area contributed by atoms with E-state index in [4.69, 9.17) is 0 Å². The monoisotopic (exact) mass is 294 g/mol. The van der Waals surface area contributed by atoms with Crippen molar-refractivity contribution in [2.45, 2.75) is 98.3 Å². The Morgan fingerprint density at radius 1 is 1.10 bits per heavy atom. The molecular weight excluding hydrogens is 260 g/mol. The smallest absolute Gasteiger partial charge is 0.244 e. The number of rotatable bonds is 3. The van der Waals surface area contributed by atoms with Gasteiger partial charge in [-0.25, -0.2) is 0 Å². The van der Waals surface area contributed by atoms with E-state index in [2.05, 4.69) is 58.7 Å². The van der Waals surface area contributed by atoms with Crippen LogP contribution < -0.4 is 5.32 Å². The first-order chi connectivity index (χ1) is 9.53. The number of nitrogens with zero attached hydrogens (tertiary/aromatic N) is 1. The molecule has 0 radical (unpaired) electrons. The van der Waals surface area contributed by atoms with Crippen molar-refractivity contribution >= 4 is 5.91 Å². The molecule has 122 valence electrons. The summed E-state index contributed by atoms with van der Waals surface area (Å²) in [5, 5.41) is 3.59. The highest BCUT2D eigenvalue weighted by atomic mass is 16.2. The fourth-order valence-electron chi connectivity index (χ4n) is 4.88. The van der Waals surface area contributed by atoms with Crippen molar-refractivity contribution in [1.29, 1.82) is 0 Å². The van der Waals surface area contributed by atoms with Gasteiger partial charge in [0.2, 0.25) is 5.91 Å². The third kappa shape index (κ3) is 3.13. The van der Waals surface area contributed by atoms with E-state index in [0.29, 0.717) is 22.8 Å². The Labute approximate surface area is 130 Å². The second kappa shape index (κ2) is 5.26. The summed E-state index contributed by atoms with van der Waals surface area (Å²) in [5.41, 5.74) is 0.263. The molecule has 0 aromatic rings. The summed E-state index contributed by atoms with van der Waals surface area (Å²) in [4.78, 5) is 15.2. The molecule has 0 aromatic carbocycles. The molecule has 1 amide bonds. The van der Waals surface area contributed by atoms with E-state index in [1.807, 2.05) is 0 Å². The molecule has 1 N–H and O–H groups in total. The quantitative estimate of drug-likeness (QED) is 0.855. The minimum absolute atomic E-state index is 0.206. The Morgan fingerprint density at radius 3 is 2.05 bits per heavy atom. The molecule has 1 aliphatic heterocycles. The molecule has 2 rings (SSSR count). The molecule has 1 saturated heterocycles. The first-order valence-electron chi connectivity index (χ1n) is 8.64. The number of carbonyl (C=O) groups excluding carboxylic acids is 1. The zero-order valence-corrected chi connectivity index (χ0v) is 15.0. The van der Waals surface area contributed by atoms with Crippen LogP contribution in [0.15, 0.2) is 0 Å². The van der Waals surface area contributed by atoms with Crippen molar-refractivity contribution in [2.24, 2.45) is 10.8 Å². The molecule has 1 aliphatic carbocycles. The van der Waals surface area contributed by atoms with Crippen LogP contribution in [-0.2, 0) is 4.79 Å². The molecule has 2 fully saturated rings. The molecule has 3 nitrogen and oxygen atoms in total. The van der Waals surface area contributed by atoms with Crippen molar-refractivity contribution in [3.63, 3.8) is 0 Å². The topological polar surface area (TPSA) is 32.3 Å². The van der Waals surface area contributed by atoms with Crippen molar-refractivity contribution in [2.75, 3.05) is 0 Å². The van der Waals surface area contributed by atoms with Gasteiger partial charge in [0.05, 0.1) is 11.7 Å². The summed E-state index contributed by atoms with van der Waals surface area (Å²) >= 11 is 0. The Balaban J connectivity index is 2.29. The minimum atomic E-state index is -0.369. The first-order valence-corrected chi connectivity index (χ1v) is 8.64. The van der Waals surface area contributed by atoms with Gasteiger partial charge in [0.15, 0.2) is 0 Å². The van der Waals surface area contributed by atoms with Crippen molar-refractivity contribution in [1.82, 2.24) is 10.2 Å². The largest absolute Gasteiger partial charge is 0.323 e. The van der Waals surface area contributed by atoms with Crippen LogP contribution in [0.25, 0.3) is 0 Å². The van der Waals surface area contributed by atoms with Crippen molar-refractivity contribution in [3.05, 3.63) is 0 Å². The molecule has 0 bridgehead atoms. The van der Waals surface area contributed by atoms with Gasteiger partial charge in [0.25, 0.3) is 0 Å². The Kier molecular flexibility index (Phi) is 4.20. The van der Waals surface area contributed by atoms with Crippen LogP contribution >= 0.6 is 0 Å². The Hall–Kier alpha value is -0.570. The van der Waals surface area contributed by atoms with Crippen LogP contribution in [0, 0.1) is 10.8 Å². The van der Waals surface area contributed by atoms with E-state index in [9.17, 15) is 4.79 Å². The molecule has 2 aliphatic rings. The summed E-state index contributed by atoms with van der Waals surface area (Å²) in [5.74, 6) is 0.315. The summed E-state index contributed by atoms with van der Waals surface area (Å²) in [7, 11) is 0. The van der Waals surface area contributed by atoms with Gasteiger partial charge in [-0.05, 0) is 49.9 Å². The normalized spacial score (nSPS) is 36.2. The van der Waals surface area contributed by atoms with E-state index in [-0.39, 0.29) is 11.7 Å². The maximum Gasteiger partial charge on any atom is 0.244 e. The van der Waals surface area contributed by atoms with Gasteiger partial charge in [-0.1, -0.05) is 41.5 Å². The molecule has 3 heteroatoms. The Bertz CT molecular complexity index is 399. The molecule has 2 atom stereocenters. The number of hydrogen-bond donors (Lipinski definition) is 1. The highest BCUT2D eigenvalue weighted by Crippen LogP contribution is 2.48. The van der Waals surface area contributed by atoms with E-state index in [1.165, 1.54) is 6.42 Å². The minimum Gasteiger partial charge on any atom is -0.323 e. The van der Waals surface area contributed by atoms with Gasteiger partial charge < -0.3 is 4.90 Å². The van der Waals surface area contributed by atoms with E-state index < -0.39 is 0 Å². The third-order valence-electron chi connectivity index (χ3n) is 5.55. The number of nitrogens with one attached hydrogen (secondary N) is 1. The fraction of sp³-hybridized carbons (Fsp3) is 0.944. The van der Waals surface area contributed by atoms with E-state index in [0.717, 1.165) is 25.7 Å². The van der Waals surface area contributed by atoms with Crippen LogP contribution in [0.1, 0.15) is 80.6 Å². The molecule has 0 spiro atoms. The predicted octanol–water partition coefficient (Wildman–Crippen LogP) is 3.93. The molecule has 0 aromatic heterocycles. The van der Waals surface area contributed by atoms with Crippen LogP contribution in [0.3, 0.4) is 0 Å². The standard InChI is InChI=1S/C18H34N2O/c1-8-14-19-18(7,9-2)15(21)20(14)13-10-16(3,4)12-17(5,6)11-13/h13-14,19H,8-12H2,1-7H3. The second-order valence-electron chi connectivity index (χ2n) is 9.03. The first kappa shape index (κ1) is 16.8. The SMILES string of the molecule is CCC1NC(C)(CC)C(=O)N1C1CC(C)(C)CC(C)(C)C1. The zero-order valence-electron chi connectivity index (χ0n) is 15.0. The van der Waals surface area contributed by atoms with Crippen LogP contribution in [0.4, 0.5) is 0 Å². The van der Waals surface area contributed by atoms with E-state index in [1.54, 1.807) is 0 Å². The average Bonchev–Trinajstić information content (AvgIpc) is 2.58. The second-order valence-corrected chi connectivity index (χ2v) is 9.03. The summed E-state index contributed by atoms with van der Waals surface area (Å²) in [6, 6.07) is 0.377. The lowest BCUT2D eigenvalue weighted by Crippen LogP contribution is -2.51. The summed E-state index contributed by atoms with van der Waals surface area (Å²) < 4.78 is 0. The molecule has 1 heterocycles. The van der Waals surface area contributed by atoms with Gasteiger partial charge in [0.1, 0.15) is 0 Å². The lowest BCUT2D eigenvalue weighted by atomic mass is 9.63. The Morgan fingerprint density at radius 2 is 1.62 bits per heavy atom. The predicted molar refractivity (Wildman–Crippen MR) is 88.0 cm³/mol. The van der Waals surface area contributed by atoms with Gasteiger partial charge in [-0.15, -0.1) is 0 Å². The molecule has 2 unspecified atom stereocenters. The van der Waals surface area contributed by atoms with Gasteiger partial charge in [-0.2, -0.15) is 0 Å². The highest BCUT2D eigenvalue weighted by Gasteiger charge is 2.51. The van der Waals surface area contributed by atoms with Gasteiger partial charge in [-0.3, -0.25) is 10.1 Å². The fourth-order valence-corrected chi connectivity index (χ4v) is 4.88. The maximum absolute atomic E-state index is 13.0. The van der Waals surface area contributed by atoms with Gasteiger partial charge >= 0.3 is 0 Å². The number of amides is 1. The number of carbonyl (C=O) groups is 1. The highest BCUT2D eigenvalue weighted by molar-refractivity contribution is 5.88. The maximum atomic E-state index is 13.0. The van der Waals surface area contributed by atoms with Crippen molar-refractivity contribution < 1.29 is 4.79 Å². The van der Waals surface area contributed by atoms with Crippen molar-refractivity contribution in [3.8, 4) is 0 Å². The summed E-state index contributed by atoms with van der Waals surface area (Å²) in [6.07, 6.45) is 5.54. The summed E-state index contributed by atoms with van der Waals surface area (Å²) in [6.45, 7) is 15.8. The molecule has 21 heavy (non-hydrogen) atoms. The number of hydrogen-bond acceptors (Lipinski definition) is 2. The third-order valence-corrected chi connectivity index (χ3v) is 5.55. The molecule has 1 saturated carbocycles. The van der Waals surface area contributed by atoms with Gasteiger partial charge in [0, 0.05) is 6.04 Å². The lowest BCUT2D eigenvalue weighted by Gasteiger charge is -2.48. The average molecular weight is 294 g/mol. The lowest BCUT2D eigenvalue weighted by molar-refractivity contribution is -0.137. The molecular formula is C18H34N2O. The van der Waals surface area contributed by atoms with Crippen LogP contribution in [0.2, 0.25) is 0 Å². The van der Waals surface area contributed by atoms with Crippen LogP contribution in [-0.4, -0.2) is 28.6 Å². The van der Waals surface area contributed by atoms with E-state index >= 15 is 0 Å². The zero-order chi connectivity index (χ0) is 16.1. The van der Waals surface area contributed by atoms with Crippen LogP contribution in [0.5, 0.6) is 0 Å².